The quantitative estimate of drug-likeness (QED) is 0.437. The Balaban J connectivity index is 1.64. The van der Waals surface area contributed by atoms with Gasteiger partial charge in [0.1, 0.15) is 29.2 Å². The smallest absolute Gasteiger partial charge is 0.403 e. The first-order chi connectivity index (χ1) is 15.7. The van der Waals surface area contributed by atoms with Crippen molar-refractivity contribution in [1.29, 1.82) is 0 Å². The molecule has 1 fully saturated rings. The van der Waals surface area contributed by atoms with Crippen LogP contribution in [0.25, 0.3) is 0 Å². The molecule has 1 aromatic carbocycles. The summed E-state index contributed by atoms with van der Waals surface area (Å²) in [5, 5.41) is 20.7. The van der Waals surface area contributed by atoms with Crippen LogP contribution in [0.5, 0.6) is 5.75 Å². The van der Waals surface area contributed by atoms with E-state index in [9.17, 15) is 19.6 Å². The van der Waals surface area contributed by atoms with Crippen LogP contribution in [-0.4, -0.2) is 44.4 Å². The van der Waals surface area contributed by atoms with Crippen LogP contribution in [0.3, 0.4) is 0 Å². The molecule has 0 bridgehead atoms. The van der Waals surface area contributed by atoms with E-state index < -0.39 is 44.4 Å². The van der Waals surface area contributed by atoms with E-state index in [4.69, 9.17) is 33.3 Å². The minimum absolute atomic E-state index is 0.0925. The molecule has 2 aliphatic heterocycles. The number of rotatable bonds is 4. The number of aryl methyl sites for hydroxylation is 3. The first-order valence-corrected chi connectivity index (χ1v) is 11.3. The molecule has 10 nitrogen and oxygen atoms in total. The number of ether oxygens (including phenoxy) is 1. The fourth-order valence-corrected chi connectivity index (χ4v) is 4.80. The summed E-state index contributed by atoms with van der Waals surface area (Å²) >= 11 is 4.94. The van der Waals surface area contributed by atoms with Crippen molar-refractivity contribution in [2.75, 3.05) is 6.56 Å². The predicted octanol–water partition coefficient (Wildman–Crippen LogP) is 2.48. The molecule has 1 unspecified atom stereocenters. The van der Waals surface area contributed by atoms with Gasteiger partial charge in [-0.2, -0.15) is 0 Å². The Labute approximate surface area is 189 Å². The van der Waals surface area contributed by atoms with Gasteiger partial charge in [0.05, 0.1) is 9.35 Å². The van der Waals surface area contributed by atoms with Gasteiger partial charge in [0.15, 0.2) is 6.23 Å². The second-order valence-electron chi connectivity index (χ2n) is 7.64. The molecule has 2 aliphatic rings. The van der Waals surface area contributed by atoms with Crippen LogP contribution < -0.4 is 10.2 Å². The Morgan fingerprint density at radius 1 is 1.41 bits per heavy atom. The van der Waals surface area contributed by atoms with Crippen molar-refractivity contribution in [3.05, 3.63) is 55.7 Å². The number of nitrogens with one attached hydrogen (secondary N) is 1. The van der Waals surface area contributed by atoms with Crippen molar-refractivity contribution in [3.63, 3.8) is 0 Å². The fourth-order valence-electron chi connectivity index (χ4n) is 3.50. The molecular formula is C19H22FN2O8PS. The molecule has 32 heavy (non-hydrogen) atoms. The third-order valence-electron chi connectivity index (χ3n) is 5.08. The molecule has 3 N–H and O–H groups in total. The highest BCUT2D eigenvalue weighted by atomic mass is 32.1. The lowest BCUT2D eigenvalue weighted by Gasteiger charge is -2.29. The molecule has 5 atom stereocenters. The average molecular weight is 490 g/mol. The van der Waals surface area contributed by atoms with Gasteiger partial charge in [-0.05, 0) is 26.3 Å². The number of phosphoric ester groups is 1. The van der Waals surface area contributed by atoms with Crippen LogP contribution in [0.1, 0.15) is 31.2 Å². The first-order valence-electron chi connectivity index (χ1n) is 10.5. The van der Waals surface area contributed by atoms with E-state index in [-0.39, 0.29) is 17.0 Å². The number of aliphatic hydroxyl groups excluding tert-OH is 2. The van der Waals surface area contributed by atoms with Crippen LogP contribution in [0.4, 0.5) is 4.39 Å². The number of hydrogen-bond acceptors (Lipinski definition) is 9. The highest BCUT2D eigenvalue weighted by molar-refractivity contribution is 7.71. The molecule has 1 saturated heterocycles. The highest BCUT2D eigenvalue weighted by Crippen LogP contribution is 2.56. The van der Waals surface area contributed by atoms with Gasteiger partial charge in [0.2, 0.25) is 0 Å². The summed E-state index contributed by atoms with van der Waals surface area (Å²) in [5.41, 5.74) is 1.46. The molecule has 0 amide bonds. The lowest BCUT2D eigenvalue weighted by Crippen LogP contribution is -2.43. The standard InChI is InChI=1S/C19H22FN2O8PS/c1-9-4-10(2)14-12(5-9)7-27-31(26,30-14)28-8-19(20)15(24)13(23)17(29-19)22-6-11(3)16(32)21-18(22)25/h4-6,13,15,17,23-24H,7-8H2,1-3H3,(H,21,25,32)/t13-,15+,17-,19-,31?/m1/s1/i8D2. The van der Waals surface area contributed by atoms with Crippen molar-refractivity contribution in [1.82, 2.24) is 9.55 Å². The Morgan fingerprint density at radius 3 is 2.84 bits per heavy atom. The maximum Gasteiger partial charge on any atom is 0.530 e. The van der Waals surface area contributed by atoms with Crippen molar-refractivity contribution < 1.29 is 40.2 Å². The van der Waals surface area contributed by atoms with Gasteiger partial charge < -0.3 is 19.5 Å². The van der Waals surface area contributed by atoms with Crippen LogP contribution in [0.2, 0.25) is 0 Å². The highest BCUT2D eigenvalue weighted by Gasteiger charge is 2.57. The number of halogens is 1. The van der Waals surface area contributed by atoms with Gasteiger partial charge in [-0.15, -0.1) is 0 Å². The van der Waals surface area contributed by atoms with Gasteiger partial charge in [-0.25, -0.2) is 13.8 Å². The molecule has 0 spiro atoms. The maximum absolute atomic E-state index is 15.8. The van der Waals surface area contributed by atoms with Gasteiger partial charge in [-0.1, -0.05) is 29.9 Å². The third-order valence-corrected chi connectivity index (χ3v) is 6.67. The summed E-state index contributed by atoms with van der Waals surface area (Å²) in [6.07, 6.45) is -5.36. The normalized spacial score (nSPS) is 33.2. The molecule has 3 heterocycles. The monoisotopic (exact) mass is 490 g/mol. The van der Waals surface area contributed by atoms with Gasteiger partial charge in [-0.3, -0.25) is 18.6 Å². The molecule has 0 radical (unpaired) electrons. The molecule has 1 aromatic heterocycles. The Bertz CT molecular complexity index is 1320. The zero-order chi connectivity index (χ0) is 25.2. The number of phosphoric acid groups is 1. The minimum atomic E-state index is -4.74. The van der Waals surface area contributed by atoms with E-state index in [2.05, 4.69) is 4.98 Å². The summed E-state index contributed by atoms with van der Waals surface area (Å²) in [5.74, 6) is -3.64. The second-order valence-corrected chi connectivity index (χ2v) is 9.57. The zero-order valence-corrected chi connectivity index (χ0v) is 18.9. The number of aromatic amines is 1. The van der Waals surface area contributed by atoms with E-state index in [0.717, 1.165) is 11.8 Å². The van der Waals surface area contributed by atoms with E-state index >= 15 is 4.39 Å². The molecule has 174 valence electrons. The van der Waals surface area contributed by atoms with Gasteiger partial charge in [0, 0.05) is 17.3 Å². The minimum Gasteiger partial charge on any atom is -0.403 e. The van der Waals surface area contributed by atoms with Crippen LogP contribution >= 0.6 is 20.0 Å². The largest absolute Gasteiger partial charge is 0.530 e. The van der Waals surface area contributed by atoms with Crippen molar-refractivity contribution in [2.24, 2.45) is 0 Å². The number of aromatic nitrogens is 2. The second kappa shape index (κ2) is 8.14. The number of alkyl halides is 1. The number of H-pyrrole nitrogens is 1. The summed E-state index contributed by atoms with van der Waals surface area (Å²) in [6, 6.07) is 3.45. The maximum atomic E-state index is 15.8. The summed E-state index contributed by atoms with van der Waals surface area (Å²) < 4.78 is 66.1. The van der Waals surface area contributed by atoms with E-state index in [1.807, 2.05) is 6.92 Å². The summed E-state index contributed by atoms with van der Waals surface area (Å²) in [7, 11) is -4.74. The first kappa shape index (κ1) is 20.7. The lowest BCUT2D eigenvalue weighted by molar-refractivity contribution is -0.205. The molecule has 0 aliphatic carbocycles. The van der Waals surface area contributed by atoms with Crippen molar-refractivity contribution in [2.45, 2.75) is 51.7 Å². The number of fused-ring (bicyclic) bond motifs is 1. The topological polar surface area (TPSA) is 132 Å². The van der Waals surface area contributed by atoms with Gasteiger partial charge in [0.25, 0.3) is 5.85 Å². The Hall–Kier alpha value is -1.92. The fraction of sp³-hybridized carbons (Fsp3) is 0.474. The zero-order valence-electron chi connectivity index (χ0n) is 19.2. The number of aliphatic hydroxyl groups is 2. The number of benzene rings is 1. The van der Waals surface area contributed by atoms with E-state index in [0.29, 0.717) is 21.3 Å². The summed E-state index contributed by atoms with van der Waals surface area (Å²) in [6.45, 7) is 1.10. The van der Waals surface area contributed by atoms with Crippen LogP contribution in [0, 0.1) is 25.4 Å². The molecular weight excluding hydrogens is 466 g/mol. The molecule has 0 saturated carbocycles. The number of hydrogen-bond donors (Lipinski definition) is 3. The van der Waals surface area contributed by atoms with E-state index in [1.54, 1.807) is 19.1 Å². The molecule has 13 heteroatoms. The van der Waals surface area contributed by atoms with E-state index in [1.165, 1.54) is 6.92 Å². The predicted molar refractivity (Wildman–Crippen MR) is 111 cm³/mol. The molecule has 2 aromatic rings. The lowest BCUT2D eigenvalue weighted by atomic mass is 10.1. The Morgan fingerprint density at radius 2 is 2.12 bits per heavy atom. The SMILES string of the molecule is [2H]C([2H])(OP1(=O)OCc2cc(C)cc(C)c2O1)[C@@]1(F)O[C@@H](n2cc(C)c(=S)[nH]c2=O)[C@H](O)[C@@H]1O. The van der Waals surface area contributed by atoms with Gasteiger partial charge >= 0.3 is 13.5 Å². The molecule has 4 rings (SSSR count). The van der Waals surface area contributed by atoms with Crippen molar-refractivity contribution in [3.8, 4) is 5.75 Å². The van der Waals surface area contributed by atoms with Crippen LogP contribution in [0.15, 0.2) is 23.1 Å². The number of nitrogens with zero attached hydrogens (tertiary/aromatic N) is 1. The van der Waals surface area contributed by atoms with Crippen molar-refractivity contribution >= 4 is 20.0 Å². The Kier molecular flexibility index (Phi) is 5.26. The summed E-state index contributed by atoms with van der Waals surface area (Å²) in [4.78, 5) is 14.6. The average Bonchev–Trinajstić information content (AvgIpc) is 2.96. The van der Waals surface area contributed by atoms with Crippen LogP contribution in [-0.2, 0) is 25.0 Å². The third kappa shape index (κ3) is 4.08.